The third-order valence-electron chi connectivity index (χ3n) is 3.97. The Labute approximate surface area is 123 Å². The molecule has 0 unspecified atom stereocenters. The SMILES string of the molecule is CC(C)[C@H]1C(=O)NCCN1C(=O)c1cccc2cc[nH]c12. The molecule has 110 valence electrons. The van der Waals surface area contributed by atoms with E-state index < -0.39 is 6.04 Å². The maximum atomic E-state index is 12.9. The standard InChI is InChI=1S/C16H19N3O2/c1-10(2)14-15(20)18-8-9-19(14)16(21)12-5-3-4-11-6-7-17-13(11)12/h3-7,10,14,17H,8-9H2,1-2H3,(H,18,20)/t14-/m0/s1. The van der Waals surface area contributed by atoms with E-state index in [4.69, 9.17) is 0 Å². The highest BCUT2D eigenvalue weighted by Crippen LogP contribution is 2.22. The Balaban J connectivity index is 2.00. The Bertz CT molecular complexity index is 690. The van der Waals surface area contributed by atoms with Crippen LogP contribution >= 0.6 is 0 Å². The minimum Gasteiger partial charge on any atom is -0.361 e. The Morgan fingerprint density at radius 2 is 2.14 bits per heavy atom. The van der Waals surface area contributed by atoms with Gasteiger partial charge in [0.2, 0.25) is 5.91 Å². The molecule has 2 heterocycles. The number of piperazine rings is 1. The Kier molecular flexibility index (Phi) is 3.41. The van der Waals surface area contributed by atoms with Crippen molar-refractivity contribution in [3.8, 4) is 0 Å². The molecule has 1 fully saturated rings. The fourth-order valence-electron chi connectivity index (χ4n) is 2.99. The number of amides is 2. The molecule has 0 radical (unpaired) electrons. The van der Waals surface area contributed by atoms with Crippen LogP contribution in [0.4, 0.5) is 0 Å². The molecule has 2 N–H and O–H groups in total. The topological polar surface area (TPSA) is 65.2 Å². The molecule has 5 heteroatoms. The first-order chi connectivity index (χ1) is 10.1. The number of nitrogens with one attached hydrogen (secondary N) is 2. The van der Waals surface area contributed by atoms with Gasteiger partial charge >= 0.3 is 0 Å². The van der Waals surface area contributed by atoms with Gasteiger partial charge in [0.1, 0.15) is 6.04 Å². The first-order valence-electron chi connectivity index (χ1n) is 7.24. The van der Waals surface area contributed by atoms with Crippen molar-refractivity contribution in [1.82, 2.24) is 15.2 Å². The van der Waals surface area contributed by atoms with Crippen LogP contribution in [-0.2, 0) is 4.79 Å². The summed E-state index contributed by atoms with van der Waals surface area (Å²) in [5.41, 5.74) is 1.45. The summed E-state index contributed by atoms with van der Waals surface area (Å²) in [6.07, 6.45) is 1.82. The van der Waals surface area contributed by atoms with Crippen LogP contribution in [0.1, 0.15) is 24.2 Å². The van der Waals surface area contributed by atoms with E-state index in [0.717, 1.165) is 10.9 Å². The maximum Gasteiger partial charge on any atom is 0.256 e. The van der Waals surface area contributed by atoms with Crippen molar-refractivity contribution in [2.75, 3.05) is 13.1 Å². The molecule has 2 aromatic rings. The first-order valence-corrected chi connectivity index (χ1v) is 7.24. The summed E-state index contributed by atoms with van der Waals surface area (Å²) in [6, 6.07) is 7.18. The summed E-state index contributed by atoms with van der Waals surface area (Å²) >= 11 is 0. The second-order valence-electron chi connectivity index (χ2n) is 5.73. The average Bonchev–Trinajstić information content (AvgIpc) is 2.94. The van der Waals surface area contributed by atoms with Gasteiger partial charge in [-0.15, -0.1) is 0 Å². The molecule has 2 amide bonds. The predicted molar refractivity (Wildman–Crippen MR) is 81.0 cm³/mol. The quantitative estimate of drug-likeness (QED) is 0.883. The normalized spacial score (nSPS) is 19.1. The predicted octanol–water partition coefficient (Wildman–Crippen LogP) is 1.76. The molecule has 1 aromatic heterocycles. The second kappa shape index (κ2) is 5.24. The fourth-order valence-corrected chi connectivity index (χ4v) is 2.99. The molecule has 1 aliphatic rings. The molecule has 1 atom stereocenters. The number of aromatic nitrogens is 1. The zero-order valence-corrected chi connectivity index (χ0v) is 12.2. The number of aromatic amines is 1. The minimum atomic E-state index is -0.406. The fraction of sp³-hybridized carbons (Fsp3) is 0.375. The highest BCUT2D eigenvalue weighted by molar-refractivity contribution is 6.07. The van der Waals surface area contributed by atoms with Crippen LogP contribution in [0.15, 0.2) is 30.5 Å². The van der Waals surface area contributed by atoms with Gasteiger partial charge in [-0.3, -0.25) is 9.59 Å². The van der Waals surface area contributed by atoms with Crippen molar-refractivity contribution >= 4 is 22.7 Å². The summed E-state index contributed by atoms with van der Waals surface area (Å²) in [4.78, 5) is 29.8. The van der Waals surface area contributed by atoms with Gasteiger partial charge in [0.05, 0.1) is 11.1 Å². The maximum absolute atomic E-state index is 12.9. The number of H-pyrrole nitrogens is 1. The zero-order valence-electron chi connectivity index (χ0n) is 12.2. The largest absolute Gasteiger partial charge is 0.361 e. The Morgan fingerprint density at radius 3 is 2.90 bits per heavy atom. The summed E-state index contributed by atoms with van der Waals surface area (Å²) in [5.74, 6) is -0.0723. The third-order valence-corrected chi connectivity index (χ3v) is 3.97. The number of rotatable bonds is 2. The number of hydrogen-bond donors (Lipinski definition) is 2. The van der Waals surface area contributed by atoms with Gasteiger partial charge in [-0.05, 0) is 18.1 Å². The van der Waals surface area contributed by atoms with Crippen molar-refractivity contribution in [2.24, 2.45) is 5.92 Å². The lowest BCUT2D eigenvalue weighted by molar-refractivity contribution is -0.129. The van der Waals surface area contributed by atoms with Gasteiger partial charge in [-0.25, -0.2) is 0 Å². The number of fused-ring (bicyclic) bond motifs is 1. The van der Waals surface area contributed by atoms with Gasteiger partial charge in [-0.1, -0.05) is 26.0 Å². The highest BCUT2D eigenvalue weighted by Gasteiger charge is 2.36. The van der Waals surface area contributed by atoms with Gasteiger partial charge < -0.3 is 15.2 Å². The Hall–Kier alpha value is -2.30. The molecule has 5 nitrogen and oxygen atoms in total. The number of carbonyl (C=O) groups excluding carboxylic acids is 2. The van der Waals surface area contributed by atoms with E-state index in [1.54, 1.807) is 4.90 Å². The van der Waals surface area contributed by atoms with E-state index in [0.29, 0.717) is 18.7 Å². The summed E-state index contributed by atoms with van der Waals surface area (Å²) < 4.78 is 0. The van der Waals surface area contributed by atoms with E-state index in [1.165, 1.54) is 0 Å². The molecule has 0 spiro atoms. The molecule has 0 bridgehead atoms. The van der Waals surface area contributed by atoms with Gasteiger partial charge in [-0.2, -0.15) is 0 Å². The van der Waals surface area contributed by atoms with Crippen LogP contribution in [0.5, 0.6) is 0 Å². The van der Waals surface area contributed by atoms with E-state index in [2.05, 4.69) is 10.3 Å². The zero-order chi connectivity index (χ0) is 15.0. The van der Waals surface area contributed by atoms with Gasteiger partial charge in [0.15, 0.2) is 0 Å². The van der Waals surface area contributed by atoms with E-state index in [9.17, 15) is 9.59 Å². The van der Waals surface area contributed by atoms with E-state index in [1.807, 2.05) is 44.3 Å². The number of nitrogens with zero attached hydrogens (tertiary/aromatic N) is 1. The average molecular weight is 285 g/mol. The molecular weight excluding hydrogens is 266 g/mol. The molecule has 1 saturated heterocycles. The van der Waals surface area contributed by atoms with Crippen molar-refractivity contribution in [3.63, 3.8) is 0 Å². The summed E-state index contributed by atoms with van der Waals surface area (Å²) in [7, 11) is 0. The monoisotopic (exact) mass is 285 g/mol. The molecule has 21 heavy (non-hydrogen) atoms. The van der Waals surface area contributed by atoms with Crippen molar-refractivity contribution in [1.29, 1.82) is 0 Å². The van der Waals surface area contributed by atoms with Crippen LogP contribution in [0.2, 0.25) is 0 Å². The van der Waals surface area contributed by atoms with E-state index >= 15 is 0 Å². The lowest BCUT2D eigenvalue weighted by Crippen LogP contribution is -2.59. The van der Waals surface area contributed by atoms with Crippen molar-refractivity contribution in [2.45, 2.75) is 19.9 Å². The number of hydrogen-bond acceptors (Lipinski definition) is 2. The van der Waals surface area contributed by atoms with Crippen molar-refractivity contribution in [3.05, 3.63) is 36.0 Å². The van der Waals surface area contributed by atoms with Crippen molar-refractivity contribution < 1.29 is 9.59 Å². The number of carbonyl (C=O) groups is 2. The smallest absolute Gasteiger partial charge is 0.256 e. The third kappa shape index (κ3) is 2.28. The molecule has 1 aromatic carbocycles. The second-order valence-corrected chi connectivity index (χ2v) is 5.73. The van der Waals surface area contributed by atoms with Crippen LogP contribution in [0.3, 0.4) is 0 Å². The first kappa shape index (κ1) is 13.7. The van der Waals surface area contributed by atoms with Crippen LogP contribution in [0, 0.1) is 5.92 Å². The summed E-state index contributed by atoms with van der Waals surface area (Å²) in [5, 5.41) is 3.84. The number of para-hydroxylation sites is 1. The lowest BCUT2D eigenvalue weighted by Gasteiger charge is -2.37. The molecule has 0 aliphatic carbocycles. The van der Waals surface area contributed by atoms with Gasteiger partial charge in [0.25, 0.3) is 5.91 Å². The minimum absolute atomic E-state index is 0.0664. The summed E-state index contributed by atoms with van der Waals surface area (Å²) in [6.45, 7) is 4.98. The Morgan fingerprint density at radius 1 is 1.33 bits per heavy atom. The van der Waals surface area contributed by atoms with Crippen LogP contribution in [-0.4, -0.2) is 40.8 Å². The number of benzene rings is 1. The lowest BCUT2D eigenvalue weighted by atomic mass is 9.98. The molecule has 3 rings (SSSR count). The van der Waals surface area contributed by atoms with Gasteiger partial charge in [0, 0.05) is 24.7 Å². The molecular formula is C16H19N3O2. The van der Waals surface area contributed by atoms with Crippen LogP contribution in [0.25, 0.3) is 10.9 Å². The molecule has 1 aliphatic heterocycles. The molecule has 0 saturated carbocycles. The highest BCUT2D eigenvalue weighted by atomic mass is 16.2. The van der Waals surface area contributed by atoms with E-state index in [-0.39, 0.29) is 17.7 Å². The van der Waals surface area contributed by atoms with Crippen LogP contribution < -0.4 is 5.32 Å².